The van der Waals surface area contributed by atoms with Gasteiger partial charge in [-0.05, 0) is 13.8 Å². The summed E-state index contributed by atoms with van der Waals surface area (Å²) < 4.78 is 10.2. The molecule has 3 atom stereocenters. The van der Waals surface area contributed by atoms with Crippen molar-refractivity contribution in [3.05, 3.63) is 0 Å². The molecule has 0 amide bonds. The van der Waals surface area contributed by atoms with Crippen LogP contribution in [0, 0.1) is 0 Å². The van der Waals surface area contributed by atoms with E-state index in [1.165, 1.54) is 0 Å². The van der Waals surface area contributed by atoms with Crippen molar-refractivity contribution < 1.29 is 14.6 Å². The summed E-state index contributed by atoms with van der Waals surface area (Å²) >= 11 is 0. The quantitative estimate of drug-likeness (QED) is 0.509. The van der Waals surface area contributed by atoms with Crippen LogP contribution in [0.2, 0.25) is 0 Å². The molecule has 1 fully saturated rings. The van der Waals surface area contributed by atoms with E-state index in [0.29, 0.717) is 6.61 Å². The van der Waals surface area contributed by atoms with E-state index in [4.69, 9.17) is 14.6 Å². The van der Waals surface area contributed by atoms with Crippen molar-refractivity contribution in [2.45, 2.75) is 32.3 Å². The molecule has 1 aliphatic rings. The first kappa shape index (κ1) is 6.99. The fourth-order valence-electron chi connectivity index (χ4n) is 0.767. The first-order chi connectivity index (χ1) is 4.20. The van der Waals surface area contributed by atoms with Gasteiger partial charge in [0.25, 0.3) is 0 Å². The second-order valence-corrected chi connectivity index (χ2v) is 2.33. The maximum Gasteiger partial charge on any atom is 0.178 e. The fraction of sp³-hybridized carbons (Fsp3) is 1.00. The summed E-state index contributed by atoms with van der Waals surface area (Å²) in [5.41, 5.74) is 0. The van der Waals surface area contributed by atoms with Gasteiger partial charge in [0, 0.05) is 0 Å². The molecule has 0 aromatic heterocycles. The highest BCUT2D eigenvalue weighted by Crippen LogP contribution is 2.11. The van der Waals surface area contributed by atoms with Gasteiger partial charge in [-0.2, -0.15) is 0 Å². The highest BCUT2D eigenvalue weighted by atomic mass is 16.7. The molecule has 1 saturated heterocycles. The van der Waals surface area contributed by atoms with Crippen LogP contribution in [-0.4, -0.2) is 30.2 Å². The number of aliphatic hydroxyl groups excluding tert-OH is 1. The average Bonchev–Trinajstić information content (AvgIpc) is 1.80. The largest absolute Gasteiger partial charge is 0.371 e. The Labute approximate surface area is 54.6 Å². The van der Waals surface area contributed by atoms with Crippen LogP contribution in [0.5, 0.6) is 0 Å². The summed E-state index contributed by atoms with van der Waals surface area (Å²) in [6.07, 6.45) is -0.613. The number of aliphatic hydroxyl groups is 1. The molecule has 0 unspecified atom stereocenters. The van der Waals surface area contributed by atoms with Crippen molar-refractivity contribution in [2.24, 2.45) is 0 Å². The van der Waals surface area contributed by atoms with Gasteiger partial charge in [0.05, 0.1) is 18.8 Å². The van der Waals surface area contributed by atoms with E-state index in [1.807, 2.05) is 13.8 Å². The summed E-state index contributed by atoms with van der Waals surface area (Å²) in [5, 5.41) is 8.85. The Bertz CT molecular complexity index is 94.3. The second kappa shape index (κ2) is 2.64. The fourth-order valence-corrected chi connectivity index (χ4v) is 0.767. The topological polar surface area (TPSA) is 38.7 Å². The minimum Gasteiger partial charge on any atom is -0.371 e. The Hall–Kier alpha value is -0.120. The maximum atomic E-state index is 8.85. The third-order valence-electron chi connectivity index (χ3n) is 1.53. The first-order valence-electron chi connectivity index (χ1n) is 3.15. The minimum absolute atomic E-state index is 0.00810. The molecule has 9 heavy (non-hydrogen) atoms. The minimum atomic E-state index is -0.726. The molecular formula is C6H12O3. The average molecular weight is 132 g/mol. The van der Waals surface area contributed by atoms with Crippen molar-refractivity contribution >= 4 is 0 Å². The Kier molecular flexibility index (Phi) is 2.05. The van der Waals surface area contributed by atoms with Gasteiger partial charge in [0.2, 0.25) is 0 Å². The summed E-state index contributed by atoms with van der Waals surface area (Å²) in [5.74, 6) is 0. The van der Waals surface area contributed by atoms with E-state index >= 15 is 0 Å². The predicted molar refractivity (Wildman–Crippen MR) is 32.0 cm³/mol. The second-order valence-electron chi connectivity index (χ2n) is 2.33. The van der Waals surface area contributed by atoms with Crippen LogP contribution < -0.4 is 0 Å². The van der Waals surface area contributed by atoms with Gasteiger partial charge < -0.3 is 14.6 Å². The molecule has 0 radical (unpaired) electrons. The van der Waals surface area contributed by atoms with Gasteiger partial charge in [-0.15, -0.1) is 0 Å². The van der Waals surface area contributed by atoms with Gasteiger partial charge in [-0.3, -0.25) is 0 Å². The molecule has 3 nitrogen and oxygen atoms in total. The monoisotopic (exact) mass is 132 g/mol. The number of ether oxygens (including phenoxy) is 2. The van der Waals surface area contributed by atoms with E-state index in [2.05, 4.69) is 0 Å². The SMILES string of the molecule is C[C@@H]1OC[C@@H](O)O[C@H]1C. The lowest BCUT2D eigenvalue weighted by molar-refractivity contribution is -0.239. The Morgan fingerprint density at radius 1 is 1.33 bits per heavy atom. The van der Waals surface area contributed by atoms with Gasteiger partial charge in [-0.25, -0.2) is 0 Å². The van der Waals surface area contributed by atoms with Crippen molar-refractivity contribution in [3.63, 3.8) is 0 Å². The molecule has 54 valence electrons. The molecule has 1 heterocycles. The normalized spacial score (nSPS) is 45.0. The van der Waals surface area contributed by atoms with Crippen molar-refractivity contribution in [3.8, 4) is 0 Å². The van der Waals surface area contributed by atoms with Crippen LogP contribution in [0.15, 0.2) is 0 Å². The third-order valence-corrected chi connectivity index (χ3v) is 1.53. The van der Waals surface area contributed by atoms with Gasteiger partial charge in [-0.1, -0.05) is 0 Å². The molecule has 0 aliphatic carbocycles. The van der Waals surface area contributed by atoms with Crippen molar-refractivity contribution in [2.75, 3.05) is 6.61 Å². The lowest BCUT2D eigenvalue weighted by Crippen LogP contribution is -2.39. The van der Waals surface area contributed by atoms with Crippen LogP contribution in [0.25, 0.3) is 0 Å². The molecule has 0 aromatic rings. The summed E-state index contributed by atoms with van der Waals surface area (Å²) in [7, 11) is 0. The molecule has 1 aliphatic heterocycles. The lowest BCUT2D eigenvalue weighted by atomic mass is 10.2. The van der Waals surface area contributed by atoms with E-state index < -0.39 is 6.29 Å². The first-order valence-corrected chi connectivity index (χ1v) is 3.15. The van der Waals surface area contributed by atoms with Crippen LogP contribution in [-0.2, 0) is 9.47 Å². The predicted octanol–water partition coefficient (Wildman–Crippen LogP) is 0.129. The molecule has 0 spiro atoms. The molecular weight excluding hydrogens is 120 g/mol. The highest BCUT2D eigenvalue weighted by Gasteiger charge is 2.23. The van der Waals surface area contributed by atoms with Gasteiger partial charge in [0.1, 0.15) is 0 Å². The van der Waals surface area contributed by atoms with Gasteiger partial charge in [0.15, 0.2) is 6.29 Å². The third kappa shape index (κ3) is 1.64. The lowest BCUT2D eigenvalue weighted by Gasteiger charge is -2.29. The number of rotatable bonds is 0. The van der Waals surface area contributed by atoms with Gasteiger partial charge >= 0.3 is 0 Å². The zero-order valence-electron chi connectivity index (χ0n) is 5.70. The Morgan fingerprint density at radius 2 is 2.00 bits per heavy atom. The van der Waals surface area contributed by atoms with Crippen molar-refractivity contribution in [1.82, 2.24) is 0 Å². The van der Waals surface area contributed by atoms with Crippen LogP contribution in [0.1, 0.15) is 13.8 Å². The van der Waals surface area contributed by atoms with Crippen LogP contribution >= 0.6 is 0 Å². The molecule has 1 rings (SSSR count). The smallest absolute Gasteiger partial charge is 0.178 e. The van der Waals surface area contributed by atoms with Crippen molar-refractivity contribution in [1.29, 1.82) is 0 Å². The zero-order valence-corrected chi connectivity index (χ0v) is 5.70. The molecule has 0 bridgehead atoms. The molecule has 0 saturated carbocycles. The molecule has 3 heteroatoms. The zero-order chi connectivity index (χ0) is 6.85. The van der Waals surface area contributed by atoms with E-state index in [-0.39, 0.29) is 12.2 Å². The maximum absolute atomic E-state index is 8.85. The Balaban J connectivity index is 2.35. The van der Waals surface area contributed by atoms with E-state index in [9.17, 15) is 0 Å². The standard InChI is InChI=1S/C6H12O3/c1-4-5(2)9-6(7)3-8-4/h4-7H,3H2,1-2H3/t4-,5-,6-/m0/s1. The number of hydrogen-bond donors (Lipinski definition) is 1. The summed E-state index contributed by atoms with van der Waals surface area (Å²) in [4.78, 5) is 0. The number of hydrogen-bond acceptors (Lipinski definition) is 3. The van der Waals surface area contributed by atoms with E-state index in [1.54, 1.807) is 0 Å². The van der Waals surface area contributed by atoms with Crippen LogP contribution in [0.4, 0.5) is 0 Å². The molecule has 0 aromatic carbocycles. The molecule has 1 N–H and O–H groups in total. The van der Waals surface area contributed by atoms with E-state index in [0.717, 1.165) is 0 Å². The van der Waals surface area contributed by atoms with Crippen LogP contribution in [0.3, 0.4) is 0 Å². The summed E-state index contributed by atoms with van der Waals surface area (Å²) in [6, 6.07) is 0. The Morgan fingerprint density at radius 3 is 2.44 bits per heavy atom. The highest BCUT2D eigenvalue weighted by molar-refractivity contribution is 4.65. The summed E-state index contributed by atoms with van der Waals surface area (Å²) in [6.45, 7) is 4.11.